The summed E-state index contributed by atoms with van der Waals surface area (Å²) in [6.45, 7) is 0.382. The van der Waals surface area contributed by atoms with Gasteiger partial charge in [0.2, 0.25) is 0 Å². The predicted octanol–water partition coefficient (Wildman–Crippen LogP) is 4.41. The fraction of sp³-hybridized carbons (Fsp3) is 0.350. The zero-order valence-corrected chi connectivity index (χ0v) is 16.7. The molecule has 2 aromatic carbocycles. The number of hydrogen-bond donors (Lipinski definition) is 2. The summed E-state index contributed by atoms with van der Waals surface area (Å²) in [5.41, 5.74) is 0.312. The summed E-state index contributed by atoms with van der Waals surface area (Å²) >= 11 is 6.06. The van der Waals surface area contributed by atoms with Crippen molar-refractivity contribution < 1.29 is 23.1 Å². The van der Waals surface area contributed by atoms with Crippen LogP contribution in [0.25, 0.3) is 0 Å². The van der Waals surface area contributed by atoms with Gasteiger partial charge in [-0.1, -0.05) is 29.8 Å². The van der Waals surface area contributed by atoms with E-state index in [1.54, 1.807) is 36.4 Å². The molecule has 0 spiro atoms. The van der Waals surface area contributed by atoms with E-state index in [1.165, 1.54) is 12.1 Å². The van der Waals surface area contributed by atoms with Crippen molar-refractivity contribution in [3.63, 3.8) is 0 Å². The number of carboxylic acid groups (broad SMARTS) is 1. The molecule has 8 heteroatoms. The molecule has 1 saturated carbocycles. The lowest BCUT2D eigenvalue weighted by Gasteiger charge is -2.26. The van der Waals surface area contributed by atoms with Crippen molar-refractivity contribution in [3.8, 4) is 5.75 Å². The van der Waals surface area contributed by atoms with Crippen LogP contribution in [0.4, 0.5) is 5.69 Å². The van der Waals surface area contributed by atoms with Gasteiger partial charge in [-0.2, -0.15) is 0 Å². The minimum Gasteiger partial charge on any atom is -0.491 e. The third kappa shape index (κ3) is 5.17. The number of rotatable bonds is 7. The number of ether oxygens (including phenoxy) is 1. The number of aliphatic carboxylic acids is 1. The number of nitrogens with one attached hydrogen (secondary N) is 1. The third-order valence-electron chi connectivity index (χ3n) is 4.91. The lowest BCUT2D eigenvalue weighted by Crippen LogP contribution is -2.24. The molecule has 0 unspecified atom stereocenters. The number of hydrogen-bond acceptors (Lipinski definition) is 4. The second-order valence-corrected chi connectivity index (χ2v) is 9.04. The molecule has 1 fully saturated rings. The molecule has 6 nitrogen and oxygen atoms in total. The second-order valence-electron chi connectivity index (χ2n) is 6.93. The lowest BCUT2D eigenvalue weighted by molar-refractivity contribution is -0.143. The van der Waals surface area contributed by atoms with Crippen LogP contribution in [0.2, 0.25) is 5.02 Å². The minimum absolute atomic E-state index is 0.155. The van der Waals surface area contributed by atoms with Crippen LogP contribution in [0.1, 0.15) is 25.7 Å². The van der Waals surface area contributed by atoms with Gasteiger partial charge in [0.1, 0.15) is 5.75 Å². The van der Waals surface area contributed by atoms with Gasteiger partial charge in [-0.3, -0.25) is 9.52 Å². The Hall–Kier alpha value is -2.25. The molecule has 0 radical (unpaired) electrons. The van der Waals surface area contributed by atoms with Crippen molar-refractivity contribution in [1.29, 1.82) is 0 Å². The molecule has 0 amide bonds. The van der Waals surface area contributed by atoms with E-state index < -0.39 is 16.0 Å². The van der Waals surface area contributed by atoms with E-state index in [0.29, 0.717) is 35.9 Å². The summed E-state index contributed by atoms with van der Waals surface area (Å²) in [5, 5.41) is 9.53. The first-order valence-electron chi connectivity index (χ1n) is 9.08. The number of sulfonamides is 1. The van der Waals surface area contributed by atoms with Gasteiger partial charge < -0.3 is 9.84 Å². The van der Waals surface area contributed by atoms with E-state index in [4.69, 9.17) is 21.4 Å². The zero-order valence-electron chi connectivity index (χ0n) is 15.2. The van der Waals surface area contributed by atoms with Crippen LogP contribution in [0.5, 0.6) is 5.75 Å². The van der Waals surface area contributed by atoms with Gasteiger partial charge in [0.15, 0.2) is 0 Å². The monoisotopic (exact) mass is 423 g/mol. The lowest BCUT2D eigenvalue weighted by atomic mass is 9.82. The highest BCUT2D eigenvalue weighted by molar-refractivity contribution is 7.92. The summed E-state index contributed by atoms with van der Waals surface area (Å²) in [6, 6.07) is 12.8. The summed E-state index contributed by atoms with van der Waals surface area (Å²) < 4.78 is 33.6. The van der Waals surface area contributed by atoms with E-state index >= 15 is 0 Å². The predicted molar refractivity (Wildman–Crippen MR) is 107 cm³/mol. The number of carboxylic acids is 1. The van der Waals surface area contributed by atoms with E-state index in [-0.39, 0.29) is 16.7 Å². The largest absolute Gasteiger partial charge is 0.491 e. The van der Waals surface area contributed by atoms with Gasteiger partial charge in [-0.05, 0) is 55.9 Å². The van der Waals surface area contributed by atoms with Crippen molar-refractivity contribution in [1.82, 2.24) is 0 Å². The Morgan fingerprint density at radius 1 is 1.11 bits per heavy atom. The van der Waals surface area contributed by atoms with Crippen LogP contribution in [0.3, 0.4) is 0 Å². The maximum atomic E-state index is 12.6. The van der Waals surface area contributed by atoms with Gasteiger partial charge in [0.05, 0.1) is 23.1 Å². The fourth-order valence-corrected chi connectivity index (χ4v) is 4.54. The molecule has 3 rings (SSSR count). The summed E-state index contributed by atoms with van der Waals surface area (Å²) in [5.74, 6) is -0.442. The fourth-order valence-electron chi connectivity index (χ4n) is 3.29. The van der Waals surface area contributed by atoms with Crippen LogP contribution < -0.4 is 9.46 Å². The number of halogens is 1. The normalized spacial score (nSPS) is 19.8. The molecular formula is C20H22ClNO5S. The van der Waals surface area contributed by atoms with Crippen LogP contribution in [-0.2, 0) is 14.8 Å². The maximum absolute atomic E-state index is 12.6. The second kappa shape index (κ2) is 8.84. The van der Waals surface area contributed by atoms with Crippen LogP contribution >= 0.6 is 11.6 Å². The van der Waals surface area contributed by atoms with Crippen LogP contribution in [-0.4, -0.2) is 26.1 Å². The molecular weight excluding hydrogens is 402 g/mol. The standard InChI is InChI=1S/C20H22ClNO5S/c21-16-10-11-18(22-28(25,26)17-4-2-1-3-5-17)19(12-16)27-13-14-6-8-15(9-7-14)20(23)24/h1-5,10-12,14-15,22H,6-9,13H2,(H,23,24). The molecule has 0 saturated heterocycles. The van der Waals surface area contributed by atoms with Gasteiger partial charge in [-0.25, -0.2) is 8.42 Å². The van der Waals surface area contributed by atoms with Crippen LogP contribution in [0.15, 0.2) is 53.4 Å². The molecule has 0 bridgehead atoms. The molecule has 28 heavy (non-hydrogen) atoms. The molecule has 2 N–H and O–H groups in total. The smallest absolute Gasteiger partial charge is 0.306 e. The highest BCUT2D eigenvalue weighted by atomic mass is 35.5. The van der Waals surface area contributed by atoms with Crippen molar-refractivity contribution in [2.24, 2.45) is 11.8 Å². The SMILES string of the molecule is O=C(O)C1CCC(COc2cc(Cl)ccc2NS(=O)(=O)c2ccccc2)CC1. The molecule has 0 atom stereocenters. The van der Waals surface area contributed by atoms with Crippen molar-refractivity contribution in [2.75, 3.05) is 11.3 Å². The highest BCUT2D eigenvalue weighted by Crippen LogP contribution is 2.33. The first-order chi connectivity index (χ1) is 13.3. The Morgan fingerprint density at radius 2 is 1.79 bits per heavy atom. The molecule has 1 aliphatic carbocycles. The van der Waals surface area contributed by atoms with E-state index in [9.17, 15) is 13.2 Å². The first kappa shape index (κ1) is 20.5. The minimum atomic E-state index is -3.75. The van der Waals surface area contributed by atoms with Gasteiger partial charge in [-0.15, -0.1) is 0 Å². The van der Waals surface area contributed by atoms with E-state index in [1.807, 2.05) is 0 Å². The highest BCUT2D eigenvalue weighted by Gasteiger charge is 2.26. The Kier molecular flexibility index (Phi) is 6.46. The van der Waals surface area contributed by atoms with Crippen LogP contribution in [0, 0.1) is 11.8 Å². The number of carbonyl (C=O) groups is 1. The first-order valence-corrected chi connectivity index (χ1v) is 10.9. The van der Waals surface area contributed by atoms with Crippen molar-refractivity contribution in [3.05, 3.63) is 53.6 Å². The Bertz CT molecular complexity index is 925. The molecule has 1 aliphatic rings. The molecule has 150 valence electrons. The third-order valence-corrected chi connectivity index (χ3v) is 6.53. The van der Waals surface area contributed by atoms with E-state index in [0.717, 1.165) is 12.8 Å². The average molecular weight is 424 g/mol. The summed E-state index contributed by atoms with van der Waals surface area (Å²) in [4.78, 5) is 11.2. The number of anilines is 1. The molecule has 0 aliphatic heterocycles. The van der Waals surface area contributed by atoms with Crippen molar-refractivity contribution in [2.45, 2.75) is 30.6 Å². The maximum Gasteiger partial charge on any atom is 0.306 e. The average Bonchev–Trinajstić information content (AvgIpc) is 2.69. The zero-order chi connectivity index (χ0) is 20.1. The van der Waals surface area contributed by atoms with E-state index in [2.05, 4.69) is 4.72 Å². The molecule has 0 heterocycles. The Morgan fingerprint density at radius 3 is 2.43 bits per heavy atom. The quantitative estimate of drug-likeness (QED) is 0.688. The van der Waals surface area contributed by atoms with Gasteiger partial charge >= 0.3 is 5.97 Å². The topological polar surface area (TPSA) is 92.7 Å². The van der Waals surface area contributed by atoms with Gasteiger partial charge in [0, 0.05) is 11.1 Å². The molecule has 0 aromatic heterocycles. The molecule has 2 aromatic rings. The van der Waals surface area contributed by atoms with Crippen molar-refractivity contribution >= 4 is 33.3 Å². The Balaban J connectivity index is 1.69. The number of benzene rings is 2. The summed E-state index contributed by atoms with van der Waals surface area (Å²) in [6.07, 6.45) is 2.80. The summed E-state index contributed by atoms with van der Waals surface area (Å²) in [7, 11) is -3.75. The van der Waals surface area contributed by atoms with Gasteiger partial charge in [0.25, 0.3) is 10.0 Å². The Labute approximate surface area is 169 Å².